The van der Waals surface area contributed by atoms with Gasteiger partial charge in [-0.1, -0.05) is 34.7 Å². The quantitative estimate of drug-likeness (QED) is 0.0448. The molecule has 1 fully saturated rings. The van der Waals surface area contributed by atoms with E-state index in [-0.39, 0.29) is 17.2 Å². The molecule has 214 valence electrons. The zero-order valence-electron chi connectivity index (χ0n) is 20.8. The van der Waals surface area contributed by atoms with Crippen LogP contribution in [0.15, 0.2) is 42.5 Å². The maximum Gasteiger partial charge on any atom is 0.353 e. The minimum atomic E-state index is -1.24. The lowest BCUT2D eigenvalue weighted by Crippen LogP contribution is -2.71. The molecule has 0 aromatic carbocycles. The molecule has 2 amide bonds. The van der Waals surface area contributed by atoms with Crippen molar-refractivity contribution in [1.29, 1.82) is 0 Å². The van der Waals surface area contributed by atoms with E-state index in [1.807, 2.05) is 0 Å². The first-order valence-corrected chi connectivity index (χ1v) is 16.6. The number of nitrogens with one attached hydrogen (secondary N) is 1. The Hall–Kier alpha value is -2.48. The molecule has 0 unspecified atom stereocenters. The Morgan fingerprint density at radius 2 is 2.00 bits per heavy atom. The van der Waals surface area contributed by atoms with Gasteiger partial charge in [-0.05, 0) is 12.1 Å². The highest BCUT2D eigenvalue weighted by molar-refractivity contribution is 8.08. The Labute approximate surface area is 250 Å². The van der Waals surface area contributed by atoms with Gasteiger partial charge in [0.25, 0.3) is 11.8 Å². The van der Waals surface area contributed by atoms with Crippen molar-refractivity contribution in [2.45, 2.75) is 25.7 Å². The summed E-state index contributed by atoms with van der Waals surface area (Å²) in [7, 11) is 0. The van der Waals surface area contributed by atoms with Crippen molar-refractivity contribution >= 4 is 87.7 Å². The molecule has 18 heteroatoms. The fraction of sp³-hybridized carbons (Fsp3) is 0.364. The summed E-state index contributed by atoms with van der Waals surface area (Å²) in [6, 6.07) is 3.47. The number of thiazole rings is 1. The van der Waals surface area contributed by atoms with E-state index in [0.29, 0.717) is 35.3 Å². The molecule has 2 aliphatic heterocycles. The molecule has 2 aromatic rings. The van der Waals surface area contributed by atoms with E-state index in [2.05, 4.69) is 15.5 Å². The third-order valence-electron chi connectivity index (χ3n) is 5.45. The molecule has 2 atom stereocenters. The Balaban J connectivity index is 1.53. The molecule has 2 aliphatic rings. The zero-order chi connectivity index (χ0) is 28.8. The minimum Gasteiger partial charge on any atom is -0.477 e. The van der Waals surface area contributed by atoms with Crippen molar-refractivity contribution in [2.75, 3.05) is 36.1 Å². The molecular formula is C22H26N8O5S5. The lowest BCUT2D eigenvalue weighted by Gasteiger charge is -2.49. The average molecular weight is 643 g/mol. The molecule has 2 aromatic heterocycles. The number of aromatic nitrogens is 2. The number of amides is 2. The Kier molecular flexibility index (Phi) is 10.6. The summed E-state index contributed by atoms with van der Waals surface area (Å²) in [5.74, 6) is -0.143. The van der Waals surface area contributed by atoms with Gasteiger partial charge in [0, 0.05) is 41.0 Å². The minimum absolute atomic E-state index is 0.0266. The summed E-state index contributed by atoms with van der Waals surface area (Å²) < 4.78 is 1.70. The van der Waals surface area contributed by atoms with Crippen LogP contribution in [0.3, 0.4) is 0 Å². The van der Waals surface area contributed by atoms with Crippen molar-refractivity contribution in [3.8, 4) is 0 Å². The van der Waals surface area contributed by atoms with Crippen LogP contribution in [-0.2, 0) is 20.1 Å². The standard InChI is InChI=1S/C22H26N8O5S5/c23-4-6-36-8-11-21(40-22(27-11)37-7-5-24)39-12-9-38-19-15(18(32)30(19)16(12)20(33)34)28-17(31)14(29-35)10-2-1-3-13(25)26-10/h1-3,15,19,35H,4-9,23-24H2,(H2,25,26)(H,28,31)(H,33,34)/b29-14-/t15-,19-/m1/s1. The number of fused-ring (bicyclic) bond motifs is 1. The smallest absolute Gasteiger partial charge is 0.353 e. The maximum atomic E-state index is 13.1. The van der Waals surface area contributed by atoms with Crippen LogP contribution in [0.25, 0.3) is 0 Å². The number of rotatable bonds is 13. The van der Waals surface area contributed by atoms with E-state index in [0.717, 1.165) is 20.0 Å². The van der Waals surface area contributed by atoms with Gasteiger partial charge in [-0.2, -0.15) is 11.8 Å². The molecule has 0 saturated carbocycles. The van der Waals surface area contributed by atoms with Crippen LogP contribution in [0.5, 0.6) is 0 Å². The molecule has 0 spiro atoms. The third-order valence-corrected chi connectivity index (χ3v) is 11.5. The molecule has 13 nitrogen and oxygen atoms in total. The summed E-state index contributed by atoms with van der Waals surface area (Å²) in [5.41, 5.74) is 17.2. The van der Waals surface area contributed by atoms with E-state index in [1.54, 1.807) is 11.8 Å². The number of carbonyl (C=O) groups is 3. The van der Waals surface area contributed by atoms with E-state index in [1.165, 1.54) is 69.7 Å². The van der Waals surface area contributed by atoms with E-state index < -0.39 is 34.9 Å². The number of aliphatic carboxylic acids is 1. The average Bonchev–Trinajstić information content (AvgIpc) is 3.31. The Bertz CT molecular complexity index is 1350. The van der Waals surface area contributed by atoms with Gasteiger partial charge in [-0.3, -0.25) is 14.5 Å². The highest BCUT2D eigenvalue weighted by Gasteiger charge is 2.54. The number of pyridine rings is 1. The van der Waals surface area contributed by atoms with Crippen molar-refractivity contribution in [3.63, 3.8) is 0 Å². The molecule has 9 N–H and O–H groups in total. The largest absolute Gasteiger partial charge is 0.477 e. The number of nitrogens with two attached hydrogens (primary N) is 3. The van der Waals surface area contributed by atoms with E-state index in [9.17, 15) is 24.7 Å². The van der Waals surface area contributed by atoms with Gasteiger partial charge >= 0.3 is 5.97 Å². The highest BCUT2D eigenvalue weighted by atomic mass is 32.2. The van der Waals surface area contributed by atoms with Crippen molar-refractivity contribution in [2.24, 2.45) is 16.6 Å². The van der Waals surface area contributed by atoms with Crippen molar-refractivity contribution < 1.29 is 24.7 Å². The number of thioether (sulfide) groups is 4. The van der Waals surface area contributed by atoms with Gasteiger partial charge in [0.15, 0.2) is 10.1 Å². The molecule has 0 aliphatic carbocycles. The Morgan fingerprint density at radius 1 is 1.23 bits per heavy atom. The van der Waals surface area contributed by atoms with Gasteiger partial charge < -0.3 is 32.8 Å². The number of carboxylic acid groups (broad SMARTS) is 1. The molecule has 4 heterocycles. The van der Waals surface area contributed by atoms with E-state index in [4.69, 9.17) is 22.2 Å². The number of carboxylic acids is 1. The number of nitrogens with zero attached hydrogens (tertiary/aromatic N) is 4. The number of hydrogen-bond donors (Lipinski definition) is 6. The van der Waals surface area contributed by atoms with E-state index >= 15 is 0 Å². The molecule has 4 rings (SSSR count). The summed E-state index contributed by atoms with van der Waals surface area (Å²) in [5, 5.41) is 24.4. The predicted octanol–water partition coefficient (Wildman–Crippen LogP) is 1.03. The highest BCUT2D eigenvalue weighted by Crippen LogP contribution is 2.47. The van der Waals surface area contributed by atoms with Gasteiger partial charge in [-0.15, -0.1) is 23.1 Å². The number of nitrogen functional groups attached to an aromatic ring is 1. The molecule has 0 bridgehead atoms. The van der Waals surface area contributed by atoms with Crippen molar-refractivity contribution in [3.05, 3.63) is 40.2 Å². The van der Waals surface area contributed by atoms with Crippen LogP contribution in [0.4, 0.5) is 5.82 Å². The fourth-order valence-corrected chi connectivity index (χ4v) is 9.62. The monoisotopic (exact) mass is 642 g/mol. The zero-order valence-corrected chi connectivity index (χ0v) is 24.9. The van der Waals surface area contributed by atoms with Gasteiger partial charge in [0.1, 0.15) is 28.6 Å². The summed E-state index contributed by atoms with van der Waals surface area (Å²) >= 11 is 7.27. The van der Waals surface area contributed by atoms with Crippen LogP contribution < -0.4 is 22.5 Å². The van der Waals surface area contributed by atoms with Crippen LogP contribution in [-0.4, -0.2) is 90.4 Å². The summed E-state index contributed by atoms with van der Waals surface area (Å²) in [6.45, 7) is 1.04. The molecule has 0 radical (unpaired) electrons. The first kappa shape index (κ1) is 30.5. The molecule has 40 heavy (non-hydrogen) atoms. The maximum absolute atomic E-state index is 13.1. The van der Waals surface area contributed by atoms with Gasteiger partial charge in [-0.25, -0.2) is 14.8 Å². The molecule has 1 saturated heterocycles. The second kappa shape index (κ2) is 13.9. The van der Waals surface area contributed by atoms with Crippen molar-refractivity contribution in [1.82, 2.24) is 20.2 Å². The first-order chi connectivity index (χ1) is 19.3. The van der Waals surface area contributed by atoms with Crippen LogP contribution in [0.1, 0.15) is 11.4 Å². The SMILES string of the molecule is NCCSCc1nc(SCCN)sc1SC1=C(C(=O)O)N2C(=O)[C@@H](NC(=O)/C(=N\O)c3cccc(N)n3)[C@H]2SC1. The predicted molar refractivity (Wildman–Crippen MR) is 160 cm³/mol. The lowest BCUT2D eigenvalue weighted by molar-refractivity contribution is -0.150. The van der Waals surface area contributed by atoms with Crippen LogP contribution >= 0.6 is 58.4 Å². The second-order valence-corrected chi connectivity index (χ2v) is 14.0. The fourth-order valence-electron chi connectivity index (χ4n) is 3.74. The van der Waals surface area contributed by atoms with Crippen LogP contribution in [0, 0.1) is 0 Å². The van der Waals surface area contributed by atoms with Crippen LogP contribution in [0.2, 0.25) is 0 Å². The molecular weight excluding hydrogens is 617 g/mol. The number of hydrogen-bond acceptors (Lipinski definition) is 15. The second-order valence-electron chi connectivity index (χ2n) is 8.13. The first-order valence-electron chi connectivity index (χ1n) is 11.7. The normalized spacial score (nSPS) is 18.9. The Morgan fingerprint density at radius 3 is 2.67 bits per heavy atom. The lowest BCUT2D eigenvalue weighted by atomic mass is 10.0. The number of β-lactam (4-membered cyclic amide) rings is 1. The topological polar surface area (TPSA) is 223 Å². The number of carbonyl (C=O) groups excluding carboxylic acids is 2. The van der Waals surface area contributed by atoms with Gasteiger partial charge in [0.05, 0.1) is 9.90 Å². The summed E-state index contributed by atoms with van der Waals surface area (Å²) in [4.78, 5) is 48.7. The summed E-state index contributed by atoms with van der Waals surface area (Å²) in [6.07, 6.45) is 0. The third kappa shape index (κ3) is 6.69. The number of anilines is 1. The van der Waals surface area contributed by atoms with Gasteiger partial charge in [0.2, 0.25) is 0 Å². The number of oxime groups is 1.